The molecule has 0 spiro atoms. The van der Waals surface area contributed by atoms with Crippen molar-refractivity contribution >= 4 is 11.6 Å². The lowest BCUT2D eigenvalue weighted by Crippen LogP contribution is -2.41. The fourth-order valence-corrected chi connectivity index (χ4v) is 2.42. The molecule has 2 rings (SSSR count). The van der Waals surface area contributed by atoms with E-state index < -0.39 is 5.82 Å². The molecule has 0 saturated carbocycles. The molecule has 6 heteroatoms. The number of benzene rings is 1. The Morgan fingerprint density at radius 1 is 1.58 bits per heavy atom. The molecular formula is C13H18FN3O2. The number of nitrogens with one attached hydrogen (secondary N) is 1. The van der Waals surface area contributed by atoms with Gasteiger partial charge in [0, 0.05) is 19.7 Å². The number of likely N-dealkylation sites (tertiary alicyclic amines) is 1. The van der Waals surface area contributed by atoms with Gasteiger partial charge in [-0.1, -0.05) is 6.07 Å². The van der Waals surface area contributed by atoms with Crippen LogP contribution in [0.5, 0.6) is 0 Å². The number of para-hydroxylation sites is 1. The molecule has 4 N–H and O–H groups in total. The van der Waals surface area contributed by atoms with Crippen LogP contribution in [0, 0.1) is 11.7 Å². The molecule has 0 aliphatic carbocycles. The van der Waals surface area contributed by atoms with Crippen LogP contribution < -0.4 is 11.3 Å². The molecule has 1 atom stereocenters. The summed E-state index contributed by atoms with van der Waals surface area (Å²) in [5.41, 5.74) is 2.47. The monoisotopic (exact) mass is 267 g/mol. The summed E-state index contributed by atoms with van der Waals surface area (Å²) in [4.78, 5) is 14.0. The van der Waals surface area contributed by atoms with E-state index in [1.807, 2.05) is 0 Å². The highest BCUT2D eigenvalue weighted by Crippen LogP contribution is 2.23. The van der Waals surface area contributed by atoms with Crippen LogP contribution in [-0.2, 0) is 0 Å². The van der Waals surface area contributed by atoms with Crippen LogP contribution in [0.25, 0.3) is 0 Å². The van der Waals surface area contributed by atoms with Gasteiger partial charge >= 0.3 is 0 Å². The maximum absolute atomic E-state index is 13.6. The normalized spacial score (nSPS) is 19.3. The number of aliphatic hydroxyl groups is 1. The zero-order valence-electron chi connectivity index (χ0n) is 10.6. The van der Waals surface area contributed by atoms with Crippen molar-refractivity contribution < 1.29 is 14.3 Å². The number of aliphatic hydroxyl groups excluding tert-OH is 1. The van der Waals surface area contributed by atoms with E-state index in [1.54, 1.807) is 11.0 Å². The van der Waals surface area contributed by atoms with Gasteiger partial charge in [0.2, 0.25) is 0 Å². The predicted octanol–water partition coefficient (Wildman–Crippen LogP) is 0.956. The highest BCUT2D eigenvalue weighted by atomic mass is 19.1. The number of hydrogen-bond acceptors (Lipinski definition) is 4. The summed E-state index contributed by atoms with van der Waals surface area (Å²) in [5.74, 6) is 4.56. The summed E-state index contributed by atoms with van der Waals surface area (Å²) < 4.78 is 13.6. The largest absolute Gasteiger partial charge is 0.396 e. The summed E-state index contributed by atoms with van der Waals surface area (Å²) in [6.45, 7) is 1.18. The van der Waals surface area contributed by atoms with Crippen LogP contribution in [0.15, 0.2) is 18.2 Å². The molecule has 0 bridgehead atoms. The number of amides is 1. The van der Waals surface area contributed by atoms with Crippen molar-refractivity contribution in [3.63, 3.8) is 0 Å². The van der Waals surface area contributed by atoms with Crippen LogP contribution in [-0.4, -0.2) is 35.6 Å². The van der Waals surface area contributed by atoms with E-state index in [4.69, 9.17) is 5.84 Å². The van der Waals surface area contributed by atoms with Crippen molar-refractivity contribution in [3.05, 3.63) is 29.6 Å². The molecule has 0 radical (unpaired) electrons. The van der Waals surface area contributed by atoms with Crippen LogP contribution in [0.4, 0.5) is 10.1 Å². The van der Waals surface area contributed by atoms with E-state index in [0.29, 0.717) is 13.1 Å². The van der Waals surface area contributed by atoms with Gasteiger partial charge in [0.1, 0.15) is 5.82 Å². The number of hydrogen-bond donors (Lipinski definition) is 3. The van der Waals surface area contributed by atoms with Gasteiger partial charge in [0.25, 0.3) is 5.91 Å². The van der Waals surface area contributed by atoms with Gasteiger partial charge in [-0.05, 0) is 30.9 Å². The molecule has 1 saturated heterocycles. The number of rotatable bonds is 3. The van der Waals surface area contributed by atoms with E-state index >= 15 is 0 Å². The molecule has 0 aromatic heterocycles. The third-order valence-corrected chi connectivity index (χ3v) is 3.45. The molecule has 1 unspecified atom stereocenters. The molecule has 1 aliphatic heterocycles. The molecule has 1 aliphatic rings. The highest BCUT2D eigenvalue weighted by Gasteiger charge is 2.26. The minimum Gasteiger partial charge on any atom is -0.396 e. The van der Waals surface area contributed by atoms with Gasteiger partial charge in [-0.2, -0.15) is 0 Å². The first-order valence-electron chi connectivity index (χ1n) is 6.32. The molecule has 1 amide bonds. The first-order valence-corrected chi connectivity index (χ1v) is 6.32. The number of hydrazine groups is 1. The Balaban J connectivity index is 2.22. The van der Waals surface area contributed by atoms with Gasteiger partial charge < -0.3 is 15.4 Å². The maximum atomic E-state index is 13.6. The van der Waals surface area contributed by atoms with E-state index in [1.165, 1.54) is 12.1 Å². The van der Waals surface area contributed by atoms with Crippen molar-refractivity contribution in [1.29, 1.82) is 0 Å². The molecule has 104 valence electrons. The number of anilines is 1. The average molecular weight is 267 g/mol. The highest BCUT2D eigenvalue weighted by molar-refractivity contribution is 5.99. The Morgan fingerprint density at radius 3 is 3.05 bits per heavy atom. The molecular weight excluding hydrogens is 249 g/mol. The van der Waals surface area contributed by atoms with Gasteiger partial charge in [-0.15, -0.1) is 0 Å². The lowest BCUT2D eigenvalue weighted by atomic mass is 9.98. The SMILES string of the molecule is NNc1c(F)cccc1C(=O)N1CCCC(CO)C1. The Kier molecular flexibility index (Phi) is 4.34. The lowest BCUT2D eigenvalue weighted by molar-refractivity contribution is 0.0621. The molecule has 1 fully saturated rings. The topological polar surface area (TPSA) is 78.6 Å². The van der Waals surface area contributed by atoms with Gasteiger partial charge in [0.05, 0.1) is 11.3 Å². The molecule has 1 heterocycles. The van der Waals surface area contributed by atoms with E-state index in [0.717, 1.165) is 12.8 Å². The Hall–Kier alpha value is -1.66. The van der Waals surface area contributed by atoms with Crippen molar-refractivity contribution in [2.24, 2.45) is 11.8 Å². The van der Waals surface area contributed by atoms with E-state index in [-0.39, 0.29) is 29.7 Å². The third-order valence-electron chi connectivity index (χ3n) is 3.45. The molecule has 1 aromatic carbocycles. The van der Waals surface area contributed by atoms with Crippen molar-refractivity contribution in [2.45, 2.75) is 12.8 Å². The lowest BCUT2D eigenvalue weighted by Gasteiger charge is -2.32. The van der Waals surface area contributed by atoms with Crippen molar-refractivity contribution in [2.75, 3.05) is 25.1 Å². The summed E-state index contributed by atoms with van der Waals surface area (Å²) in [5, 5.41) is 9.18. The second-order valence-corrected chi connectivity index (χ2v) is 4.75. The van der Waals surface area contributed by atoms with Crippen LogP contribution in [0.2, 0.25) is 0 Å². The van der Waals surface area contributed by atoms with Crippen LogP contribution in [0.1, 0.15) is 23.2 Å². The first-order chi connectivity index (χ1) is 9.17. The van der Waals surface area contributed by atoms with Gasteiger partial charge in [0.15, 0.2) is 0 Å². The fourth-order valence-electron chi connectivity index (χ4n) is 2.42. The Labute approximate surface area is 111 Å². The maximum Gasteiger partial charge on any atom is 0.256 e. The fraction of sp³-hybridized carbons (Fsp3) is 0.462. The van der Waals surface area contributed by atoms with Crippen molar-refractivity contribution in [1.82, 2.24) is 4.90 Å². The van der Waals surface area contributed by atoms with Crippen LogP contribution >= 0.6 is 0 Å². The second-order valence-electron chi connectivity index (χ2n) is 4.75. The number of piperidine rings is 1. The smallest absolute Gasteiger partial charge is 0.256 e. The van der Waals surface area contributed by atoms with E-state index in [2.05, 4.69) is 5.43 Å². The number of nitrogens with two attached hydrogens (primary N) is 1. The standard InChI is InChI=1S/C13H18FN3O2/c14-11-5-1-4-10(12(11)16-15)13(19)17-6-2-3-9(7-17)8-18/h1,4-5,9,16,18H,2-3,6-8,15H2. The Bertz CT molecular complexity index is 467. The Morgan fingerprint density at radius 2 is 2.37 bits per heavy atom. The average Bonchev–Trinajstić information content (AvgIpc) is 2.46. The number of halogens is 1. The second kappa shape index (κ2) is 5.99. The van der Waals surface area contributed by atoms with Gasteiger partial charge in [-0.25, -0.2) is 4.39 Å². The summed E-state index contributed by atoms with van der Waals surface area (Å²) in [6.07, 6.45) is 1.75. The number of carbonyl (C=O) groups excluding carboxylic acids is 1. The summed E-state index contributed by atoms with van der Waals surface area (Å²) >= 11 is 0. The third kappa shape index (κ3) is 2.85. The zero-order chi connectivity index (χ0) is 13.8. The van der Waals surface area contributed by atoms with E-state index in [9.17, 15) is 14.3 Å². The number of nitrogens with zero attached hydrogens (tertiary/aromatic N) is 1. The quantitative estimate of drug-likeness (QED) is 0.563. The minimum absolute atomic E-state index is 0.0126. The van der Waals surface area contributed by atoms with Crippen LogP contribution in [0.3, 0.4) is 0 Å². The first kappa shape index (κ1) is 13.8. The summed E-state index contributed by atoms with van der Waals surface area (Å²) in [7, 11) is 0. The number of nitrogen functional groups attached to an aromatic ring is 1. The van der Waals surface area contributed by atoms with Gasteiger partial charge in [-0.3, -0.25) is 10.6 Å². The summed E-state index contributed by atoms with van der Waals surface area (Å²) in [6, 6.07) is 4.28. The molecule has 19 heavy (non-hydrogen) atoms. The van der Waals surface area contributed by atoms with Crippen molar-refractivity contribution in [3.8, 4) is 0 Å². The minimum atomic E-state index is -0.552. The number of carbonyl (C=O) groups is 1. The zero-order valence-corrected chi connectivity index (χ0v) is 10.6. The molecule has 1 aromatic rings. The molecule has 5 nitrogen and oxygen atoms in total. The predicted molar refractivity (Wildman–Crippen MR) is 69.9 cm³/mol.